The zero-order valence-corrected chi connectivity index (χ0v) is 8.31. The molecule has 0 unspecified atom stereocenters. The number of hydrogen-bond acceptors (Lipinski definition) is 3. The third-order valence-corrected chi connectivity index (χ3v) is 2.16. The third kappa shape index (κ3) is 2.56. The number of rotatable bonds is 5. The second kappa shape index (κ2) is 4.76. The summed E-state index contributed by atoms with van der Waals surface area (Å²) < 4.78 is 1.87. The summed E-state index contributed by atoms with van der Waals surface area (Å²) in [7, 11) is 0. The molecule has 1 aromatic rings. The van der Waals surface area contributed by atoms with Gasteiger partial charge >= 0.3 is 0 Å². The van der Waals surface area contributed by atoms with Gasteiger partial charge in [-0.25, -0.2) is 4.98 Å². The lowest BCUT2D eigenvalue weighted by Gasteiger charge is -2.11. The van der Waals surface area contributed by atoms with Crippen molar-refractivity contribution in [2.24, 2.45) is 11.5 Å². The Kier molecular flexibility index (Phi) is 3.64. The van der Waals surface area contributed by atoms with Crippen molar-refractivity contribution in [3.63, 3.8) is 0 Å². The molecule has 14 heavy (non-hydrogen) atoms. The second-order valence-corrected chi connectivity index (χ2v) is 3.24. The smallest absolute Gasteiger partial charge is 0.219 e. The van der Waals surface area contributed by atoms with Crippen LogP contribution in [-0.2, 0) is 11.3 Å². The van der Waals surface area contributed by atoms with E-state index in [1.54, 1.807) is 12.5 Å². The van der Waals surface area contributed by atoms with E-state index in [1.165, 1.54) is 0 Å². The maximum Gasteiger partial charge on any atom is 0.219 e. The van der Waals surface area contributed by atoms with Gasteiger partial charge in [-0.2, -0.15) is 0 Å². The van der Waals surface area contributed by atoms with Crippen LogP contribution < -0.4 is 11.5 Å². The normalized spacial score (nSPS) is 12.7. The largest absolute Gasteiger partial charge is 0.370 e. The van der Waals surface area contributed by atoms with Crippen molar-refractivity contribution in [1.82, 2.24) is 9.55 Å². The first-order valence-corrected chi connectivity index (χ1v) is 4.69. The van der Waals surface area contributed by atoms with Crippen LogP contribution in [0.3, 0.4) is 0 Å². The van der Waals surface area contributed by atoms with Crippen molar-refractivity contribution in [3.05, 3.63) is 18.2 Å². The third-order valence-electron chi connectivity index (χ3n) is 2.16. The molecule has 1 aromatic heterocycles. The van der Waals surface area contributed by atoms with Gasteiger partial charge in [0, 0.05) is 25.2 Å². The van der Waals surface area contributed by atoms with Crippen LogP contribution in [0.1, 0.15) is 31.5 Å². The molecule has 0 aliphatic carbocycles. The highest BCUT2D eigenvalue weighted by atomic mass is 16.1. The minimum absolute atomic E-state index is 0.0228. The Morgan fingerprint density at radius 2 is 2.43 bits per heavy atom. The van der Waals surface area contributed by atoms with Gasteiger partial charge in [-0.3, -0.25) is 4.79 Å². The molecule has 0 spiro atoms. The first-order chi connectivity index (χ1) is 6.65. The fraction of sp³-hybridized carbons (Fsp3) is 0.556. The Labute approximate surface area is 83.1 Å². The first kappa shape index (κ1) is 10.7. The van der Waals surface area contributed by atoms with E-state index >= 15 is 0 Å². The Hall–Kier alpha value is -1.36. The van der Waals surface area contributed by atoms with E-state index < -0.39 is 0 Å². The van der Waals surface area contributed by atoms with Crippen LogP contribution in [0.15, 0.2) is 12.5 Å². The summed E-state index contributed by atoms with van der Waals surface area (Å²) in [5, 5.41) is 0. The predicted octanol–water partition coefficient (Wildman–Crippen LogP) is 0.168. The Morgan fingerprint density at radius 1 is 1.71 bits per heavy atom. The van der Waals surface area contributed by atoms with Gasteiger partial charge in [0.2, 0.25) is 5.91 Å². The van der Waals surface area contributed by atoms with Crippen molar-refractivity contribution in [2.45, 2.75) is 32.4 Å². The standard InChI is InChI=1S/C9H16N4O/c1-2-7(10)8-5-12-6-13(8)4-3-9(11)14/h5-7H,2-4,10H2,1H3,(H2,11,14)/t7-/m1/s1. The number of aromatic nitrogens is 2. The number of nitrogens with two attached hydrogens (primary N) is 2. The summed E-state index contributed by atoms with van der Waals surface area (Å²) in [4.78, 5) is 14.6. The number of aryl methyl sites for hydroxylation is 1. The molecule has 0 fully saturated rings. The molecular weight excluding hydrogens is 180 g/mol. The summed E-state index contributed by atoms with van der Waals surface area (Å²) in [6.07, 6.45) is 4.57. The minimum Gasteiger partial charge on any atom is -0.370 e. The molecule has 0 aliphatic rings. The van der Waals surface area contributed by atoms with E-state index in [9.17, 15) is 4.79 Å². The molecule has 5 heteroatoms. The van der Waals surface area contributed by atoms with Gasteiger partial charge in [0.05, 0.1) is 12.0 Å². The fourth-order valence-electron chi connectivity index (χ4n) is 1.27. The summed E-state index contributed by atoms with van der Waals surface area (Å²) in [6.45, 7) is 2.56. The van der Waals surface area contributed by atoms with E-state index in [-0.39, 0.29) is 11.9 Å². The summed E-state index contributed by atoms with van der Waals surface area (Å²) in [5.74, 6) is -0.310. The number of nitrogens with zero attached hydrogens (tertiary/aromatic N) is 2. The van der Waals surface area contributed by atoms with Crippen LogP contribution in [0.5, 0.6) is 0 Å². The molecular formula is C9H16N4O. The molecule has 0 saturated heterocycles. The molecule has 4 N–H and O–H groups in total. The lowest BCUT2D eigenvalue weighted by Crippen LogP contribution is -2.18. The molecule has 0 aromatic carbocycles. The molecule has 1 amide bonds. The molecule has 0 saturated carbocycles. The molecule has 5 nitrogen and oxygen atoms in total. The van der Waals surface area contributed by atoms with Gasteiger partial charge in [-0.15, -0.1) is 0 Å². The molecule has 0 aliphatic heterocycles. The number of primary amides is 1. The van der Waals surface area contributed by atoms with E-state index in [4.69, 9.17) is 11.5 Å². The Balaban J connectivity index is 2.67. The average molecular weight is 196 g/mol. The van der Waals surface area contributed by atoms with Crippen LogP contribution in [0, 0.1) is 0 Å². The van der Waals surface area contributed by atoms with Crippen LogP contribution >= 0.6 is 0 Å². The number of hydrogen-bond donors (Lipinski definition) is 2. The summed E-state index contributed by atoms with van der Waals surface area (Å²) >= 11 is 0. The molecule has 78 valence electrons. The van der Waals surface area contributed by atoms with Crippen molar-refractivity contribution in [1.29, 1.82) is 0 Å². The second-order valence-electron chi connectivity index (χ2n) is 3.24. The van der Waals surface area contributed by atoms with Crippen molar-refractivity contribution < 1.29 is 4.79 Å². The van der Waals surface area contributed by atoms with Gasteiger partial charge in [0.15, 0.2) is 0 Å². The summed E-state index contributed by atoms with van der Waals surface area (Å²) in [6, 6.07) is -0.0228. The molecule has 0 radical (unpaired) electrons. The number of carbonyl (C=O) groups excluding carboxylic acids is 1. The van der Waals surface area contributed by atoms with E-state index in [0.717, 1.165) is 12.1 Å². The fourth-order valence-corrected chi connectivity index (χ4v) is 1.27. The van der Waals surface area contributed by atoms with E-state index in [0.29, 0.717) is 13.0 Å². The van der Waals surface area contributed by atoms with Crippen molar-refractivity contribution in [2.75, 3.05) is 0 Å². The van der Waals surface area contributed by atoms with Crippen LogP contribution in [0.2, 0.25) is 0 Å². The van der Waals surface area contributed by atoms with Gasteiger partial charge in [-0.05, 0) is 6.42 Å². The lowest BCUT2D eigenvalue weighted by molar-refractivity contribution is -0.118. The number of carbonyl (C=O) groups is 1. The number of amides is 1. The highest BCUT2D eigenvalue weighted by molar-refractivity contribution is 5.73. The molecule has 1 atom stereocenters. The SMILES string of the molecule is CC[C@@H](N)c1cncn1CCC(N)=O. The minimum atomic E-state index is -0.310. The van der Waals surface area contributed by atoms with Crippen LogP contribution in [0.25, 0.3) is 0 Å². The van der Waals surface area contributed by atoms with Crippen molar-refractivity contribution >= 4 is 5.91 Å². The zero-order valence-electron chi connectivity index (χ0n) is 8.31. The van der Waals surface area contributed by atoms with Gasteiger partial charge in [0.25, 0.3) is 0 Å². The van der Waals surface area contributed by atoms with E-state index in [1.807, 2.05) is 11.5 Å². The van der Waals surface area contributed by atoms with Gasteiger partial charge < -0.3 is 16.0 Å². The monoisotopic (exact) mass is 196 g/mol. The van der Waals surface area contributed by atoms with Crippen LogP contribution in [0.4, 0.5) is 0 Å². The van der Waals surface area contributed by atoms with Crippen molar-refractivity contribution in [3.8, 4) is 0 Å². The molecule has 0 bridgehead atoms. The average Bonchev–Trinajstić information content (AvgIpc) is 2.61. The Morgan fingerprint density at radius 3 is 3.00 bits per heavy atom. The van der Waals surface area contributed by atoms with Gasteiger partial charge in [0.1, 0.15) is 0 Å². The highest BCUT2D eigenvalue weighted by Crippen LogP contribution is 2.12. The maximum atomic E-state index is 10.6. The lowest BCUT2D eigenvalue weighted by atomic mass is 10.2. The van der Waals surface area contributed by atoms with E-state index in [2.05, 4.69) is 4.98 Å². The summed E-state index contributed by atoms with van der Waals surface area (Å²) in [5.41, 5.74) is 11.9. The highest BCUT2D eigenvalue weighted by Gasteiger charge is 2.09. The molecule has 1 rings (SSSR count). The van der Waals surface area contributed by atoms with Gasteiger partial charge in [-0.1, -0.05) is 6.92 Å². The molecule has 1 heterocycles. The first-order valence-electron chi connectivity index (χ1n) is 4.69. The zero-order chi connectivity index (χ0) is 10.6. The predicted molar refractivity (Wildman–Crippen MR) is 53.3 cm³/mol. The van der Waals surface area contributed by atoms with Crippen LogP contribution in [-0.4, -0.2) is 15.5 Å². The topological polar surface area (TPSA) is 86.9 Å². The quantitative estimate of drug-likeness (QED) is 0.703. The number of imidazole rings is 1. The maximum absolute atomic E-state index is 10.6. The Bertz CT molecular complexity index is 308.